The second kappa shape index (κ2) is 3.28. The van der Waals surface area contributed by atoms with Crippen molar-refractivity contribution >= 4 is 11.7 Å². The van der Waals surface area contributed by atoms with Crippen LogP contribution >= 0.6 is 0 Å². The maximum absolute atomic E-state index is 12.4. The molecule has 0 spiro atoms. The van der Waals surface area contributed by atoms with Crippen LogP contribution in [0, 0.1) is 0 Å². The van der Waals surface area contributed by atoms with E-state index in [-0.39, 0.29) is 5.91 Å². The molecule has 1 fully saturated rings. The second-order valence-electron chi connectivity index (χ2n) is 5.46. The molecule has 1 aliphatic carbocycles. The van der Waals surface area contributed by atoms with E-state index in [4.69, 9.17) is 0 Å². The predicted octanol–water partition coefficient (Wildman–Crippen LogP) is 1.83. The molecule has 0 unspecified atom stereocenters. The summed E-state index contributed by atoms with van der Waals surface area (Å²) < 4.78 is 0. The van der Waals surface area contributed by atoms with Gasteiger partial charge in [0.25, 0.3) is 0 Å². The number of nitrogens with zero attached hydrogens (tertiary/aromatic N) is 3. The third-order valence-corrected chi connectivity index (χ3v) is 3.75. The fourth-order valence-corrected chi connectivity index (χ4v) is 2.42. The van der Waals surface area contributed by atoms with Gasteiger partial charge in [-0.1, -0.05) is 6.92 Å². The minimum Gasteiger partial charge on any atom is -0.291 e. The maximum atomic E-state index is 12.4. The van der Waals surface area contributed by atoms with Crippen LogP contribution in [0.2, 0.25) is 0 Å². The van der Waals surface area contributed by atoms with Gasteiger partial charge in [0.05, 0.1) is 11.1 Å². The first-order valence-electron chi connectivity index (χ1n) is 6.26. The number of aryl methyl sites for hydroxylation is 1. The van der Waals surface area contributed by atoms with E-state index in [2.05, 4.69) is 17.1 Å². The second-order valence-corrected chi connectivity index (χ2v) is 5.46. The van der Waals surface area contributed by atoms with Crippen molar-refractivity contribution in [2.45, 2.75) is 51.5 Å². The van der Waals surface area contributed by atoms with E-state index < -0.39 is 5.41 Å². The molecule has 0 bridgehead atoms. The van der Waals surface area contributed by atoms with Gasteiger partial charge >= 0.3 is 0 Å². The molecule has 0 aromatic carbocycles. The standard InChI is InChI=1S/C13H17N3O/c1-4-8-7-10-11(15-14-8)16(9-5-6-9)12(17)13(10,2)3/h7,9H,4-6H2,1-3H3. The van der Waals surface area contributed by atoms with E-state index in [9.17, 15) is 4.79 Å². The van der Waals surface area contributed by atoms with Gasteiger partial charge in [0, 0.05) is 11.6 Å². The van der Waals surface area contributed by atoms with Gasteiger partial charge in [-0.2, -0.15) is 5.10 Å². The number of hydrogen-bond acceptors (Lipinski definition) is 3. The molecule has 0 radical (unpaired) electrons. The minimum absolute atomic E-state index is 0.178. The number of carbonyl (C=O) groups excluding carboxylic acids is 1. The molecule has 0 N–H and O–H groups in total. The third-order valence-electron chi connectivity index (χ3n) is 3.75. The van der Waals surface area contributed by atoms with Crippen LogP contribution in [-0.4, -0.2) is 22.1 Å². The molecule has 1 amide bonds. The molecule has 3 rings (SSSR count). The normalized spacial score (nSPS) is 21.8. The predicted molar refractivity (Wildman–Crippen MR) is 64.9 cm³/mol. The van der Waals surface area contributed by atoms with Crippen molar-refractivity contribution < 1.29 is 4.79 Å². The summed E-state index contributed by atoms with van der Waals surface area (Å²) in [6, 6.07) is 2.41. The van der Waals surface area contributed by atoms with Crippen molar-refractivity contribution in [1.29, 1.82) is 0 Å². The van der Waals surface area contributed by atoms with Crippen LogP contribution in [0.3, 0.4) is 0 Å². The van der Waals surface area contributed by atoms with Crippen LogP contribution in [0.1, 0.15) is 44.9 Å². The summed E-state index contributed by atoms with van der Waals surface area (Å²) in [4.78, 5) is 14.3. The highest BCUT2D eigenvalue weighted by molar-refractivity contribution is 6.07. The molecule has 1 aliphatic heterocycles. The van der Waals surface area contributed by atoms with Crippen molar-refractivity contribution in [2.24, 2.45) is 0 Å². The fraction of sp³-hybridized carbons (Fsp3) is 0.615. The topological polar surface area (TPSA) is 46.1 Å². The minimum atomic E-state index is -0.447. The number of hydrogen-bond donors (Lipinski definition) is 0. The van der Waals surface area contributed by atoms with E-state index in [1.807, 2.05) is 24.8 Å². The third kappa shape index (κ3) is 1.39. The Morgan fingerprint density at radius 3 is 2.71 bits per heavy atom. The average Bonchev–Trinajstić information content (AvgIpc) is 3.11. The van der Waals surface area contributed by atoms with Crippen LogP contribution in [0.5, 0.6) is 0 Å². The van der Waals surface area contributed by atoms with Crippen molar-refractivity contribution in [3.8, 4) is 0 Å². The van der Waals surface area contributed by atoms with Crippen molar-refractivity contribution in [2.75, 3.05) is 4.90 Å². The molecule has 2 aliphatic rings. The number of carbonyl (C=O) groups is 1. The monoisotopic (exact) mass is 231 g/mol. The molecule has 4 nitrogen and oxygen atoms in total. The molecule has 1 saturated carbocycles. The molecular weight excluding hydrogens is 214 g/mol. The van der Waals surface area contributed by atoms with Gasteiger partial charge in [-0.3, -0.25) is 9.69 Å². The van der Waals surface area contributed by atoms with Gasteiger partial charge in [-0.25, -0.2) is 0 Å². The number of amides is 1. The Balaban J connectivity index is 2.15. The number of fused-ring (bicyclic) bond motifs is 1. The van der Waals surface area contributed by atoms with E-state index in [1.165, 1.54) is 0 Å². The smallest absolute Gasteiger partial charge is 0.238 e. The van der Waals surface area contributed by atoms with Crippen LogP contribution < -0.4 is 4.90 Å². The summed E-state index contributed by atoms with van der Waals surface area (Å²) in [5.74, 6) is 0.970. The molecule has 0 saturated heterocycles. The zero-order valence-electron chi connectivity index (χ0n) is 10.5. The Morgan fingerprint density at radius 1 is 1.41 bits per heavy atom. The summed E-state index contributed by atoms with van der Waals surface area (Å²) >= 11 is 0. The molecular formula is C13H17N3O. The van der Waals surface area contributed by atoms with Gasteiger partial charge in [0.1, 0.15) is 0 Å². The summed E-state index contributed by atoms with van der Waals surface area (Å²) in [6.45, 7) is 6.02. The summed E-state index contributed by atoms with van der Waals surface area (Å²) in [5, 5.41) is 8.46. The van der Waals surface area contributed by atoms with Gasteiger partial charge < -0.3 is 0 Å². The first-order chi connectivity index (χ1) is 8.05. The summed E-state index contributed by atoms with van der Waals surface area (Å²) in [7, 11) is 0. The van der Waals surface area contributed by atoms with Crippen molar-refractivity contribution in [1.82, 2.24) is 10.2 Å². The zero-order valence-corrected chi connectivity index (χ0v) is 10.5. The average molecular weight is 231 g/mol. The SMILES string of the molecule is CCc1cc2c(nn1)N(C1CC1)C(=O)C2(C)C. The summed E-state index contributed by atoms with van der Waals surface area (Å²) in [5.41, 5.74) is 1.56. The lowest BCUT2D eigenvalue weighted by atomic mass is 9.87. The zero-order chi connectivity index (χ0) is 12.2. The number of aromatic nitrogens is 2. The van der Waals surface area contributed by atoms with E-state index in [1.54, 1.807) is 0 Å². The van der Waals surface area contributed by atoms with Crippen LogP contribution in [-0.2, 0) is 16.6 Å². The van der Waals surface area contributed by atoms with E-state index in [0.717, 1.165) is 36.3 Å². The molecule has 4 heteroatoms. The molecule has 90 valence electrons. The van der Waals surface area contributed by atoms with Crippen LogP contribution in [0.15, 0.2) is 6.07 Å². The maximum Gasteiger partial charge on any atom is 0.238 e. The largest absolute Gasteiger partial charge is 0.291 e. The lowest BCUT2D eigenvalue weighted by molar-refractivity contribution is -0.122. The highest BCUT2D eigenvalue weighted by atomic mass is 16.2. The van der Waals surface area contributed by atoms with E-state index >= 15 is 0 Å². The van der Waals surface area contributed by atoms with Gasteiger partial charge in [0.15, 0.2) is 5.82 Å². The van der Waals surface area contributed by atoms with Crippen molar-refractivity contribution in [3.63, 3.8) is 0 Å². The quantitative estimate of drug-likeness (QED) is 0.780. The van der Waals surface area contributed by atoms with Gasteiger partial charge in [0.2, 0.25) is 5.91 Å². The Bertz CT molecular complexity index is 491. The number of anilines is 1. The fourth-order valence-electron chi connectivity index (χ4n) is 2.42. The molecule has 1 aromatic heterocycles. The first kappa shape index (κ1) is 10.7. The Hall–Kier alpha value is -1.45. The first-order valence-corrected chi connectivity index (χ1v) is 6.26. The summed E-state index contributed by atoms with van der Waals surface area (Å²) in [6.07, 6.45) is 3.05. The highest BCUT2D eigenvalue weighted by Crippen LogP contribution is 2.45. The highest BCUT2D eigenvalue weighted by Gasteiger charge is 2.50. The lowest BCUT2D eigenvalue weighted by Crippen LogP contribution is -2.37. The Labute approximate surface area is 101 Å². The van der Waals surface area contributed by atoms with E-state index in [0.29, 0.717) is 6.04 Å². The van der Waals surface area contributed by atoms with Crippen molar-refractivity contribution in [3.05, 3.63) is 17.3 Å². The lowest BCUT2D eigenvalue weighted by Gasteiger charge is -2.18. The Morgan fingerprint density at radius 2 is 2.12 bits per heavy atom. The van der Waals surface area contributed by atoms with Crippen LogP contribution in [0.25, 0.3) is 0 Å². The van der Waals surface area contributed by atoms with Gasteiger partial charge in [-0.05, 0) is 39.2 Å². The van der Waals surface area contributed by atoms with Crippen LogP contribution in [0.4, 0.5) is 5.82 Å². The molecule has 1 aromatic rings. The molecule has 0 atom stereocenters. The van der Waals surface area contributed by atoms with Gasteiger partial charge in [-0.15, -0.1) is 5.10 Å². The molecule has 17 heavy (non-hydrogen) atoms. The number of rotatable bonds is 2. The molecule has 2 heterocycles. The Kier molecular flexibility index (Phi) is 2.06.